The van der Waals surface area contributed by atoms with Crippen LogP contribution in [-0.4, -0.2) is 17.7 Å². The summed E-state index contributed by atoms with van der Waals surface area (Å²) in [6.45, 7) is 5.66. The number of fused-ring (bicyclic) bond motifs is 2. The smallest absolute Gasteiger partial charge is 0.280 e. The molecule has 0 aliphatic heterocycles. The van der Waals surface area contributed by atoms with Crippen molar-refractivity contribution in [1.29, 1.82) is 0 Å². The molecule has 0 radical (unpaired) electrons. The van der Waals surface area contributed by atoms with Gasteiger partial charge in [-0.2, -0.15) is 5.10 Å². The minimum absolute atomic E-state index is 0.230. The van der Waals surface area contributed by atoms with Gasteiger partial charge < -0.3 is 4.74 Å². The lowest BCUT2D eigenvalue weighted by Crippen LogP contribution is -2.34. The second-order valence-electron chi connectivity index (χ2n) is 7.18. The SMILES string of the molecule is C/C(=N/NC(=O)[C@@H](C)Oc1ccc(Cl)cc1C)[C@H]1C[C@H]2CC[C@H]1C2. The number of nitrogens with zero attached hydrogens (tertiary/aromatic N) is 1. The van der Waals surface area contributed by atoms with Gasteiger partial charge in [0.25, 0.3) is 5.91 Å². The number of aryl methyl sites for hydroxylation is 1. The first kappa shape index (κ1) is 17.3. The van der Waals surface area contributed by atoms with E-state index >= 15 is 0 Å². The van der Waals surface area contributed by atoms with E-state index in [0.29, 0.717) is 16.7 Å². The normalized spacial score (nSPS) is 27.2. The van der Waals surface area contributed by atoms with Gasteiger partial charge >= 0.3 is 0 Å². The van der Waals surface area contributed by atoms with E-state index in [1.54, 1.807) is 19.1 Å². The molecule has 1 aromatic carbocycles. The van der Waals surface area contributed by atoms with Crippen molar-refractivity contribution in [2.75, 3.05) is 0 Å². The predicted octanol–water partition coefficient (Wildman–Crippen LogP) is 4.34. The Labute approximate surface area is 148 Å². The Morgan fingerprint density at radius 2 is 2.17 bits per heavy atom. The number of ether oxygens (including phenoxy) is 1. The van der Waals surface area contributed by atoms with Crippen molar-refractivity contribution in [3.63, 3.8) is 0 Å². The first-order valence-corrected chi connectivity index (χ1v) is 9.08. The van der Waals surface area contributed by atoms with E-state index in [4.69, 9.17) is 16.3 Å². The van der Waals surface area contributed by atoms with E-state index < -0.39 is 6.10 Å². The van der Waals surface area contributed by atoms with Gasteiger partial charge in [-0.15, -0.1) is 0 Å². The molecule has 0 heterocycles. The van der Waals surface area contributed by atoms with Crippen LogP contribution >= 0.6 is 11.6 Å². The number of hydrazone groups is 1. The molecular weight excluding hydrogens is 324 g/mol. The summed E-state index contributed by atoms with van der Waals surface area (Å²) in [6.07, 6.45) is 4.63. The van der Waals surface area contributed by atoms with Crippen LogP contribution < -0.4 is 10.2 Å². The third-order valence-electron chi connectivity index (χ3n) is 5.43. The van der Waals surface area contributed by atoms with Crippen LogP contribution in [-0.2, 0) is 4.79 Å². The topological polar surface area (TPSA) is 50.7 Å². The Morgan fingerprint density at radius 3 is 2.79 bits per heavy atom. The number of carbonyl (C=O) groups excluding carboxylic acids is 1. The number of hydrogen-bond donors (Lipinski definition) is 1. The van der Waals surface area contributed by atoms with Crippen molar-refractivity contribution >= 4 is 23.2 Å². The maximum atomic E-state index is 12.2. The number of halogens is 1. The van der Waals surface area contributed by atoms with Crippen LogP contribution in [0.3, 0.4) is 0 Å². The van der Waals surface area contributed by atoms with Crippen LogP contribution in [0.15, 0.2) is 23.3 Å². The van der Waals surface area contributed by atoms with Crippen LogP contribution in [0.2, 0.25) is 5.02 Å². The molecule has 2 aliphatic carbocycles. The average Bonchev–Trinajstić information content (AvgIpc) is 3.17. The summed E-state index contributed by atoms with van der Waals surface area (Å²) in [6, 6.07) is 5.36. The molecule has 2 bridgehead atoms. The second-order valence-corrected chi connectivity index (χ2v) is 7.62. The Kier molecular flexibility index (Phi) is 5.14. The van der Waals surface area contributed by atoms with E-state index in [-0.39, 0.29) is 5.91 Å². The van der Waals surface area contributed by atoms with Crippen LogP contribution in [0.4, 0.5) is 0 Å². The zero-order valence-corrected chi connectivity index (χ0v) is 15.3. The van der Waals surface area contributed by atoms with Crippen LogP contribution in [0, 0.1) is 24.7 Å². The number of amides is 1. The Morgan fingerprint density at radius 1 is 1.38 bits per heavy atom. The van der Waals surface area contributed by atoms with Crippen molar-refractivity contribution < 1.29 is 9.53 Å². The van der Waals surface area contributed by atoms with Gasteiger partial charge in [0.05, 0.1) is 0 Å². The predicted molar refractivity (Wildman–Crippen MR) is 96.5 cm³/mol. The molecule has 1 aromatic rings. The zero-order chi connectivity index (χ0) is 17.3. The van der Waals surface area contributed by atoms with Crippen LogP contribution in [0.5, 0.6) is 5.75 Å². The van der Waals surface area contributed by atoms with Gasteiger partial charge in [0.15, 0.2) is 6.10 Å². The van der Waals surface area contributed by atoms with E-state index in [1.165, 1.54) is 25.7 Å². The summed E-state index contributed by atoms with van der Waals surface area (Å²) in [5.74, 6) is 2.61. The van der Waals surface area contributed by atoms with E-state index in [1.807, 2.05) is 19.9 Å². The van der Waals surface area contributed by atoms with Crippen molar-refractivity contribution in [3.8, 4) is 5.75 Å². The monoisotopic (exact) mass is 348 g/mol. The fourth-order valence-electron chi connectivity index (χ4n) is 4.06. The molecule has 2 saturated carbocycles. The van der Waals surface area contributed by atoms with Crippen molar-refractivity contribution in [1.82, 2.24) is 5.43 Å². The van der Waals surface area contributed by atoms with Gasteiger partial charge in [0.1, 0.15) is 5.75 Å². The molecule has 24 heavy (non-hydrogen) atoms. The molecule has 5 heteroatoms. The highest BCUT2D eigenvalue weighted by molar-refractivity contribution is 6.30. The van der Waals surface area contributed by atoms with E-state index in [0.717, 1.165) is 23.1 Å². The van der Waals surface area contributed by atoms with Gasteiger partial charge in [-0.3, -0.25) is 4.79 Å². The minimum Gasteiger partial charge on any atom is -0.481 e. The van der Waals surface area contributed by atoms with Crippen molar-refractivity contribution in [3.05, 3.63) is 28.8 Å². The quantitative estimate of drug-likeness (QED) is 0.635. The molecule has 1 N–H and O–H groups in total. The standard InChI is InChI=1S/C19H25ClN2O2/c1-11-8-16(20)6-7-18(11)24-13(3)19(23)22-21-12(2)17-10-14-4-5-15(17)9-14/h6-8,13-15,17H,4-5,9-10H2,1-3H3,(H,22,23)/b21-12-/t13-,14+,15+,17-/m1/s1. The Bertz CT molecular complexity index is 659. The first-order chi connectivity index (χ1) is 11.4. The molecular formula is C19H25ClN2O2. The molecule has 0 spiro atoms. The molecule has 2 fully saturated rings. The molecule has 4 atom stereocenters. The maximum absolute atomic E-state index is 12.2. The third-order valence-corrected chi connectivity index (χ3v) is 5.66. The van der Waals surface area contributed by atoms with Gasteiger partial charge in [0, 0.05) is 16.7 Å². The first-order valence-electron chi connectivity index (χ1n) is 8.71. The number of nitrogens with one attached hydrogen (secondary N) is 1. The fourth-order valence-corrected chi connectivity index (χ4v) is 4.29. The summed E-state index contributed by atoms with van der Waals surface area (Å²) < 4.78 is 5.73. The molecule has 1 amide bonds. The molecule has 3 rings (SSSR count). The molecule has 130 valence electrons. The third kappa shape index (κ3) is 3.75. The highest BCUT2D eigenvalue weighted by atomic mass is 35.5. The summed E-state index contributed by atoms with van der Waals surface area (Å²) in [5.41, 5.74) is 4.62. The Hall–Kier alpha value is -1.55. The molecule has 0 saturated heterocycles. The lowest BCUT2D eigenvalue weighted by Gasteiger charge is -2.21. The second kappa shape index (κ2) is 7.14. The lowest BCUT2D eigenvalue weighted by atomic mass is 9.86. The number of benzene rings is 1. The van der Waals surface area contributed by atoms with Gasteiger partial charge in [-0.25, -0.2) is 5.43 Å². The van der Waals surface area contributed by atoms with Gasteiger partial charge in [-0.05, 0) is 75.6 Å². The highest BCUT2D eigenvalue weighted by Crippen LogP contribution is 2.48. The zero-order valence-electron chi connectivity index (χ0n) is 14.5. The highest BCUT2D eigenvalue weighted by Gasteiger charge is 2.40. The molecule has 2 aliphatic rings. The van der Waals surface area contributed by atoms with Crippen LogP contribution in [0.25, 0.3) is 0 Å². The van der Waals surface area contributed by atoms with Gasteiger partial charge in [0.2, 0.25) is 0 Å². The molecule has 0 aromatic heterocycles. The summed E-state index contributed by atoms with van der Waals surface area (Å²) in [7, 11) is 0. The lowest BCUT2D eigenvalue weighted by molar-refractivity contribution is -0.127. The number of hydrogen-bond acceptors (Lipinski definition) is 3. The number of carbonyl (C=O) groups is 1. The number of rotatable bonds is 5. The largest absolute Gasteiger partial charge is 0.481 e. The van der Waals surface area contributed by atoms with Crippen LogP contribution in [0.1, 0.15) is 45.1 Å². The summed E-state index contributed by atoms with van der Waals surface area (Å²) >= 11 is 5.94. The maximum Gasteiger partial charge on any atom is 0.280 e. The van der Waals surface area contributed by atoms with Crippen molar-refractivity contribution in [2.45, 2.75) is 52.6 Å². The average molecular weight is 349 g/mol. The fraction of sp³-hybridized carbons (Fsp3) is 0.579. The van der Waals surface area contributed by atoms with E-state index in [9.17, 15) is 4.79 Å². The van der Waals surface area contributed by atoms with E-state index in [2.05, 4.69) is 10.5 Å². The Balaban J connectivity index is 1.55. The van der Waals surface area contributed by atoms with Crippen molar-refractivity contribution in [2.24, 2.45) is 22.9 Å². The summed E-state index contributed by atoms with van der Waals surface area (Å²) in [5, 5.41) is 5.00. The van der Waals surface area contributed by atoms with Gasteiger partial charge in [-0.1, -0.05) is 18.0 Å². The minimum atomic E-state index is -0.610. The summed E-state index contributed by atoms with van der Waals surface area (Å²) in [4.78, 5) is 12.2. The molecule has 4 nitrogen and oxygen atoms in total. The molecule has 0 unspecified atom stereocenters.